The van der Waals surface area contributed by atoms with E-state index in [1.165, 1.54) is 5.56 Å². The number of aromatic nitrogens is 1. The Morgan fingerprint density at radius 3 is 2.67 bits per heavy atom. The van der Waals surface area contributed by atoms with Gasteiger partial charge in [0.05, 0.1) is 5.69 Å². The monoisotopic (exact) mass is 416 g/mol. The summed E-state index contributed by atoms with van der Waals surface area (Å²) >= 11 is 3.47. The van der Waals surface area contributed by atoms with Crippen molar-refractivity contribution < 1.29 is 4.42 Å². The Morgan fingerprint density at radius 1 is 1.00 bits per heavy atom. The molecule has 4 heteroatoms. The molecule has 0 amide bonds. The van der Waals surface area contributed by atoms with E-state index in [4.69, 9.17) is 4.42 Å². The smallest absolute Gasteiger partial charge is 0.227 e. The maximum Gasteiger partial charge on any atom is 0.227 e. The average molecular weight is 417 g/mol. The van der Waals surface area contributed by atoms with Crippen molar-refractivity contribution in [1.29, 1.82) is 0 Å². The van der Waals surface area contributed by atoms with E-state index in [9.17, 15) is 0 Å². The predicted molar refractivity (Wildman–Crippen MR) is 116 cm³/mol. The van der Waals surface area contributed by atoms with Crippen LogP contribution in [0, 0.1) is 6.92 Å². The van der Waals surface area contributed by atoms with Gasteiger partial charge in [-0.25, -0.2) is 4.98 Å². The van der Waals surface area contributed by atoms with Gasteiger partial charge in [0, 0.05) is 16.3 Å². The maximum atomic E-state index is 5.84. The summed E-state index contributed by atoms with van der Waals surface area (Å²) in [6.45, 7) is 2.05. The van der Waals surface area contributed by atoms with E-state index in [-0.39, 0.29) is 0 Å². The second-order valence-corrected chi connectivity index (χ2v) is 7.15. The largest absolute Gasteiger partial charge is 0.436 e. The van der Waals surface area contributed by atoms with Crippen LogP contribution in [-0.2, 0) is 0 Å². The fourth-order valence-corrected chi connectivity index (χ4v) is 3.16. The highest BCUT2D eigenvalue weighted by Gasteiger charge is 2.08. The number of aliphatic imine (C=N–C) groups is 1. The van der Waals surface area contributed by atoms with Crippen molar-refractivity contribution in [2.75, 3.05) is 0 Å². The topological polar surface area (TPSA) is 38.4 Å². The molecule has 27 heavy (non-hydrogen) atoms. The standard InChI is InChI=1S/C23H17BrN2O/c1-16-7-12-22-21(14-16)26-23(27-22)18-8-10-20(11-9-18)25-13-3-5-17-4-2-6-19(24)15-17/h2-15H,1H3/b5-3+,25-13?. The lowest BCUT2D eigenvalue weighted by molar-refractivity contribution is 0.620. The van der Waals surface area contributed by atoms with Crippen LogP contribution in [0.25, 0.3) is 28.6 Å². The molecule has 0 saturated heterocycles. The van der Waals surface area contributed by atoms with Crippen LogP contribution in [0.3, 0.4) is 0 Å². The van der Waals surface area contributed by atoms with Crippen molar-refractivity contribution in [2.45, 2.75) is 6.92 Å². The summed E-state index contributed by atoms with van der Waals surface area (Å²) in [5.41, 5.74) is 5.79. The first kappa shape index (κ1) is 17.4. The molecule has 132 valence electrons. The highest BCUT2D eigenvalue weighted by Crippen LogP contribution is 2.26. The normalized spacial score (nSPS) is 11.8. The lowest BCUT2D eigenvalue weighted by Gasteiger charge is -1.96. The van der Waals surface area contributed by atoms with Gasteiger partial charge in [-0.15, -0.1) is 0 Å². The number of benzene rings is 3. The summed E-state index contributed by atoms with van der Waals surface area (Å²) in [4.78, 5) is 9.03. The Morgan fingerprint density at radius 2 is 1.85 bits per heavy atom. The minimum absolute atomic E-state index is 0.626. The molecule has 1 heterocycles. The first-order valence-electron chi connectivity index (χ1n) is 8.61. The molecule has 0 aliphatic carbocycles. The number of nitrogens with zero attached hydrogens (tertiary/aromatic N) is 2. The van der Waals surface area contributed by atoms with Gasteiger partial charge in [-0.3, -0.25) is 4.99 Å². The molecule has 0 aliphatic heterocycles. The Hall–Kier alpha value is -2.98. The second-order valence-electron chi connectivity index (χ2n) is 6.23. The van der Waals surface area contributed by atoms with Crippen LogP contribution in [0.1, 0.15) is 11.1 Å². The van der Waals surface area contributed by atoms with Gasteiger partial charge in [0.25, 0.3) is 0 Å². The first-order chi connectivity index (χ1) is 13.2. The summed E-state index contributed by atoms with van der Waals surface area (Å²) in [6, 6.07) is 22.0. The van der Waals surface area contributed by atoms with Gasteiger partial charge < -0.3 is 4.42 Å². The number of fused-ring (bicyclic) bond motifs is 1. The molecule has 0 N–H and O–H groups in total. The summed E-state index contributed by atoms with van der Waals surface area (Å²) < 4.78 is 6.90. The highest BCUT2D eigenvalue weighted by molar-refractivity contribution is 9.10. The zero-order valence-corrected chi connectivity index (χ0v) is 16.3. The number of oxazole rings is 1. The van der Waals surface area contributed by atoms with E-state index in [1.54, 1.807) is 6.21 Å². The van der Waals surface area contributed by atoms with E-state index >= 15 is 0 Å². The van der Waals surface area contributed by atoms with E-state index in [2.05, 4.69) is 32.0 Å². The molecule has 1 aromatic heterocycles. The molecule has 3 nitrogen and oxygen atoms in total. The third kappa shape index (κ3) is 4.23. The molecule has 3 aromatic carbocycles. The average Bonchev–Trinajstić information content (AvgIpc) is 3.09. The number of aryl methyl sites for hydroxylation is 1. The third-order valence-electron chi connectivity index (χ3n) is 4.10. The van der Waals surface area contributed by atoms with Crippen LogP contribution >= 0.6 is 15.9 Å². The molecule has 0 fully saturated rings. The second kappa shape index (κ2) is 7.72. The van der Waals surface area contributed by atoms with Crippen molar-refractivity contribution in [3.05, 3.63) is 88.4 Å². The van der Waals surface area contributed by atoms with Gasteiger partial charge in [0.15, 0.2) is 5.58 Å². The third-order valence-corrected chi connectivity index (χ3v) is 4.60. The Balaban J connectivity index is 1.48. The first-order valence-corrected chi connectivity index (χ1v) is 9.41. The minimum Gasteiger partial charge on any atom is -0.436 e. The summed E-state index contributed by atoms with van der Waals surface area (Å²) in [7, 11) is 0. The van der Waals surface area contributed by atoms with Gasteiger partial charge in [-0.2, -0.15) is 0 Å². The van der Waals surface area contributed by atoms with Gasteiger partial charge >= 0.3 is 0 Å². The Bertz CT molecular complexity index is 1140. The molecule has 0 aliphatic rings. The van der Waals surface area contributed by atoms with Crippen molar-refractivity contribution in [1.82, 2.24) is 4.98 Å². The molecule has 0 saturated carbocycles. The van der Waals surface area contributed by atoms with Crippen LogP contribution < -0.4 is 0 Å². The van der Waals surface area contributed by atoms with Crippen molar-refractivity contribution in [3.8, 4) is 11.5 Å². The maximum absolute atomic E-state index is 5.84. The van der Waals surface area contributed by atoms with Crippen molar-refractivity contribution >= 4 is 45.0 Å². The van der Waals surface area contributed by atoms with Crippen LogP contribution in [0.15, 0.2) is 86.7 Å². The Kier molecular flexibility index (Phi) is 4.99. The molecule has 4 aromatic rings. The summed E-state index contributed by atoms with van der Waals surface area (Å²) in [5.74, 6) is 0.626. The van der Waals surface area contributed by atoms with Crippen LogP contribution in [0.2, 0.25) is 0 Å². The van der Waals surface area contributed by atoms with Gasteiger partial charge in [0.2, 0.25) is 5.89 Å². The van der Waals surface area contributed by atoms with E-state index < -0.39 is 0 Å². The van der Waals surface area contributed by atoms with E-state index in [0.717, 1.165) is 32.4 Å². The molecule has 0 atom stereocenters. The number of hydrogen-bond donors (Lipinski definition) is 0. The van der Waals surface area contributed by atoms with Crippen LogP contribution in [0.5, 0.6) is 0 Å². The molecular weight excluding hydrogens is 400 g/mol. The summed E-state index contributed by atoms with van der Waals surface area (Å²) in [6.07, 6.45) is 5.74. The lowest BCUT2D eigenvalue weighted by atomic mass is 10.2. The van der Waals surface area contributed by atoms with Crippen LogP contribution in [0.4, 0.5) is 5.69 Å². The highest BCUT2D eigenvalue weighted by atomic mass is 79.9. The Labute approximate surface area is 166 Å². The minimum atomic E-state index is 0.626. The zero-order valence-electron chi connectivity index (χ0n) is 14.8. The lowest BCUT2D eigenvalue weighted by Crippen LogP contribution is -1.77. The summed E-state index contributed by atoms with van der Waals surface area (Å²) in [5, 5.41) is 0. The molecule has 0 bridgehead atoms. The van der Waals surface area contributed by atoms with Crippen LogP contribution in [-0.4, -0.2) is 11.2 Å². The molecular formula is C23H17BrN2O. The molecule has 0 unspecified atom stereocenters. The number of hydrogen-bond acceptors (Lipinski definition) is 3. The molecule has 0 radical (unpaired) electrons. The molecule has 4 rings (SSSR count). The number of allylic oxidation sites excluding steroid dienone is 1. The fourth-order valence-electron chi connectivity index (χ4n) is 2.74. The van der Waals surface area contributed by atoms with Gasteiger partial charge in [-0.1, -0.05) is 40.2 Å². The van der Waals surface area contributed by atoms with Crippen molar-refractivity contribution in [2.24, 2.45) is 4.99 Å². The SMILES string of the molecule is Cc1ccc2oc(-c3ccc(N=C/C=C/c4cccc(Br)c4)cc3)nc2c1. The fraction of sp³-hybridized carbons (Fsp3) is 0.0435. The van der Waals surface area contributed by atoms with E-state index in [0.29, 0.717) is 5.89 Å². The van der Waals surface area contributed by atoms with E-state index in [1.807, 2.05) is 79.7 Å². The quantitative estimate of drug-likeness (QED) is 0.336. The van der Waals surface area contributed by atoms with Gasteiger partial charge in [-0.05, 0) is 72.7 Å². The zero-order chi connectivity index (χ0) is 18.6. The van der Waals surface area contributed by atoms with Crippen molar-refractivity contribution in [3.63, 3.8) is 0 Å². The predicted octanol–water partition coefficient (Wildman–Crippen LogP) is 6.98. The van der Waals surface area contributed by atoms with Gasteiger partial charge in [0.1, 0.15) is 5.52 Å². The molecule has 0 spiro atoms. The number of halogens is 1. The number of rotatable bonds is 4.